The van der Waals surface area contributed by atoms with Crippen LogP contribution in [0, 0.1) is 0 Å². The molecule has 2 rings (SSSR count). The van der Waals surface area contributed by atoms with Gasteiger partial charge in [-0.15, -0.1) is 0 Å². The highest BCUT2D eigenvalue weighted by Gasteiger charge is 2.26. The number of nitrogens with zero attached hydrogens (tertiary/aromatic N) is 1. The molecule has 0 radical (unpaired) electrons. The van der Waals surface area contributed by atoms with Crippen molar-refractivity contribution in [2.24, 2.45) is 0 Å². The molecule has 32 heavy (non-hydrogen) atoms. The second-order valence-electron chi connectivity index (χ2n) is 9.46. The zero-order valence-electron chi connectivity index (χ0n) is 20.4. The number of unbranched alkanes of at least 4 members (excludes halogenated alkanes) is 14. The molecular weight excluding hydrogens is 402 g/mol. The van der Waals surface area contributed by atoms with Gasteiger partial charge in [-0.2, -0.15) is 0 Å². The monoisotopic (exact) mass is 449 g/mol. The molecular formula is C26H47N3O3. The summed E-state index contributed by atoms with van der Waals surface area (Å²) in [5.74, 6) is 0. The molecule has 6 heteroatoms. The summed E-state index contributed by atoms with van der Waals surface area (Å²) in [7, 11) is 0. The van der Waals surface area contributed by atoms with E-state index in [1.165, 1.54) is 113 Å². The fourth-order valence-electron chi connectivity index (χ4n) is 4.58. The summed E-state index contributed by atoms with van der Waals surface area (Å²) in [6, 6.07) is 1.37. The average molecular weight is 450 g/mol. The van der Waals surface area contributed by atoms with Crippen molar-refractivity contribution >= 4 is 0 Å². The smallest absolute Gasteiger partial charge is 0.330 e. The van der Waals surface area contributed by atoms with Gasteiger partial charge in [-0.25, -0.2) is 4.79 Å². The maximum atomic E-state index is 11.9. The van der Waals surface area contributed by atoms with Crippen LogP contribution in [-0.4, -0.2) is 28.7 Å². The van der Waals surface area contributed by atoms with E-state index in [-0.39, 0.29) is 17.9 Å². The van der Waals surface area contributed by atoms with E-state index >= 15 is 0 Å². The minimum atomic E-state index is -0.395. The molecule has 1 fully saturated rings. The van der Waals surface area contributed by atoms with E-state index in [0.29, 0.717) is 0 Å². The number of H-pyrrole nitrogens is 1. The molecule has 2 atom stereocenters. The van der Waals surface area contributed by atoms with Crippen molar-refractivity contribution in [3.8, 4) is 0 Å². The van der Waals surface area contributed by atoms with Crippen LogP contribution in [0.5, 0.6) is 0 Å². The second kappa shape index (κ2) is 17.1. The molecule has 1 aliphatic rings. The van der Waals surface area contributed by atoms with Gasteiger partial charge in [0.25, 0.3) is 5.56 Å². The minimum absolute atomic E-state index is 0.134. The summed E-state index contributed by atoms with van der Waals surface area (Å²) in [5, 5.41) is 3.50. The van der Waals surface area contributed by atoms with Gasteiger partial charge < -0.3 is 10.1 Å². The molecule has 6 nitrogen and oxygen atoms in total. The predicted molar refractivity (Wildman–Crippen MR) is 132 cm³/mol. The lowest BCUT2D eigenvalue weighted by Crippen LogP contribution is -2.32. The molecule has 0 saturated carbocycles. The van der Waals surface area contributed by atoms with Crippen LogP contribution in [0.3, 0.4) is 0 Å². The maximum Gasteiger partial charge on any atom is 0.330 e. The summed E-state index contributed by atoms with van der Waals surface area (Å²) >= 11 is 0. The molecule has 184 valence electrons. The summed E-state index contributed by atoms with van der Waals surface area (Å²) in [4.78, 5) is 25.3. The average Bonchev–Trinajstić information content (AvgIpc) is 3.24. The third-order valence-corrected chi connectivity index (χ3v) is 6.58. The van der Waals surface area contributed by atoms with E-state index in [2.05, 4.69) is 17.2 Å². The largest absolute Gasteiger partial charge is 0.353 e. The highest BCUT2D eigenvalue weighted by Crippen LogP contribution is 2.26. The van der Waals surface area contributed by atoms with Crippen molar-refractivity contribution in [3.05, 3.63) is 33.1 Å². The molecule has 0 unspecified atom stereocenters. The molecule has 0 aromatic carbocycles. The quantitative estimate of drug-likeness (QED) is 0.267. The van der Waals surface area contributed by atoms with Gasteiger partial charge in [0.1, 0.15) is 6.23 Å². The summed E-state index contributed by atoms with van der Waals surface area (Å²) in [5.41, 5.74) is -0.764. The number of hydrogen-bond acceptors (Lipinski definition) is 4. The number of rotatable bonds is 19. The van der Waals surface area contributed by atoms with Crippen molar-refractivity contribution in [3.63, 3.8) is 0 Å². The lowest BCUT2D eigenvalue weighted by atomic mass is 10.0. The number of nitrogens with one attached hydrogen (secondary N) is 2. The van der Waals surface area contributed by atoms with E-state index in [4.69, 9.17) is 4.74 Å². The number of aromatic amines is 1. The summed E-state index contributed by atoms with van der Waals surface area (Å²) in [6.45, 7) is 4.14. The van der Waals surface area contributed by atoms with Crippen LogP contribution in [0.15, 0.2) is 21.9 Å². The highest BCUT2D eigenvalue weighted by atomic mass is 16.5. The lowest BCUT2D eigenvalue weighted by Gasteiger charge is -2.16. The Labute approximate surface area is 194 Å². The van der Waals surface area contributed by atoms with Crippen molar-refractivity contribution in [2.45, 2.75) is 128 Å². The Kier molecular flexibility index (Phi) is 14.4. The fraction of sp³-hybridized carbons (Fsp3) is 0.846. The number of aromatic nitrogens is 2. The molecule has 0 spiro atoms. The van der Waals surface area contributed by atoms with Gasteiger partial charge in [0.2, 0.25) is 0 Å². The van der Waals surface area contributed by atoms with Crippen LogP contribution in [-0.2, 0) is 4.74 Å². The molecule has 2 N–H and O–H groups in total. The molecule has 0 amide bonds. The van der Waals surface area contributed by atoms with E-state index in [1.54, 1.807) is 0 Å². The van der Waals surface area contributed by atoms with Gasteiger partial charge in [-0.3, -0.25) is 14.3 Å². The Hall–Kier alpha value is -1.40. The summed E-state index contributed by atoms with van der Waals surface area (Å²) < 4.78 is 7.46. The van der Waals surface area contributed by atoms with Crippen LogP contribution >= 0.6 is 0 Å². The molecule has 1 saturated heterocycles. The fourth-order valence-corrected chi connectivity index (χ4v) is 4.58. The van der Waals surface area contributed by atoms with E-state index < -0.39 is 5.69 Å². The zero-order chi connectivity index (χ0) is 22.9. The normalized spacial score (nSPS) is 18.4. The van der Waals surface area contributed by atoms with E-state index in [9.17, 15) is 9.59 Å². The third kappa shape index (κ3) is 11.5. The minimum Gasteiger partial charge on any atom is -0.353 e. The van der Waals surface area contributed by atoms with Gasteiger partial charge >= 0.3 is 5.69 Å². The molecule has 0 aliphatic carbocycles. The number of ether oxygens (including phenoxy) is 1. The first-order valence-corrected chi connectivity index (χ1v) is 13.4. The first-order chi connectivity index (χ1) is 15.7. The first-order valence-electron chi connectivity index (χ1n) is 13.4. The Morgan fingerprint density at radius 2 is 1.44 bits per heavy atom. The van der Waals surface area contributed by atoms with Crippen molar-refractivity contribution in [2.75, 3.05) is 13.1 Å². The predicted octanol–water partition coefficient (Wildman–Crippen LogP) is 5.68. The molecule has 1 aromatic heterocycles. The van der Waals surface area contributed by atoms with Gasteiger partial charge in [0.15, 0.2) is 0 Å². The van der Waals surface area contributed by atoms with E-state index in [1.807, 2.05) is 0 Å². The topological polar surface area (TPSA) is 76.1 Å². The van der Waals surface area contributed by atoms with Gasteiger partial charge in [-0.05, 0) is 25.8 Å². The van der Waals surface area contributed by atoms with Gasteiger partial charge in [-0.1, -0.05) is 96.8 Å². The first kappa shape index (κ1) is 26.8. The molecule has 0 bridgehead atoms. The SMILES string of the molecule is CCCCCCCCCCCCCCCCCNC[C@@H]1CC[C@H](n2ccc(=O)[nH]c2=O)O1. The van der Waals surface area contributed by atoms with Gasteiger partial charge in [0.05, 0.1) is 6.10 Å². The highest BCUT2D eigenvalue weighted by molar-refractivity contribution is 4.86. The van der Waals surface area contributed by atoms with Crippen LogP contribution in [0.1, 0.15) is 122 Å². The van der Waals surface area contributed by atoms with Crippen LogP contribution in [0.4, 0.5) is 0 Å². The second-order valence-corrected chi connectivity index (χ2v) is 9.46. The number of hydrogen-bond donors (Lipinski definition) is 2. The molecule has 2 heterocycles. The molecule has 1 aromatic rings. The third-order valence-electron chi connectivity index (χ3n) is 6.58. The van der Waals surface area contributed by atoms with Crippen LogP contribution < -0.4 is 16.6 Å². The van der Waals surface area contributed by atoms with Crippen molar-refractivity contribution in [1.29, 1.82) is 0 Å². The Bertz CT molecular complexity index is 700. The molecule has 1 aliphatic heterocycles. The van der Waals surface area contributed by atoms with Crippen LogP contribution in [0.25, 0.3) is 0 Å². The Balaban J connectivity index is 1.34. The maximum absolute atomic E-state index is 11.9. The zero-order valence-corrected chi connectivity index (χ0v) is 20.4. The van der Waals surface area contributed by atoms with Crippen LogP contribution in [0.2, 0.25) is 0 Å². The van der Waals surface area contributed by atoms with Gasteiger partial charge in [0, 0.05) is 18.8 Å². The Morgan fingerprint density at radius 1 is 0.875 bits per heavy atom. The lowest BCUT2D eigenvalue weighted by molar-refractivity contribution is 0.0000719. The standard InChI is InChI=1S/C26H47N3O3/c1-2-3-4-5-6-7-8-9-10-11-12-13-14-15-16-20-27-22-23-17-18-25(32-23)29-21-19-24(30)28-26(29)31/h19,21,23,25,27H,2-18,20,22H2,1H3,(H,28,30,31)/t23-,25+/m0/s1. The van der Waals surface area contributed by atoms with E-state index in [0.717, 1.165) is 25.9 Å². The van der Waals surface area contributed by atoms with Crippen molar-refractivity contribution in [1.82, 2.24) is 14.9 Å². The van der Waals surface area contributed by atoms with Crippen molar-refractivity contribution < 1.29 is 4.74 Å². The Morgan fingerprint density at radius 3 is 2.00 bits per heavy atom. The summed E-state index contributed by atoms with van der Waals surface area (Å²) in [6.07, 6.45) is 24.0.